The third-order valence-corrected chi connectivity index (χ3v) is 5.05. The van der Waals surface area contributed by atoms with Crippen LogP contribution in [0.15, 0.2) is 0 Å². The van der Waals surface area contributed by atoms with Crippen LogP contribution in [0.1, 0.15) is 46.5 Å². The molecule has 1 fully saturated rings. The second kappa shape index (κ2) is 11.7. The third kappa shape index (κ3) is 7.19. The number of halogens is 1. The molecular formula is C15H31ClN2OS. The maximum absolute atomic E-state index is 12.3. The second-order valence-electron chi connectivity index (χ2n) is 5.44. The zero-order valence-electron chi connectivity index (χ0n) is 13.2. The van der Waals surface area contributed by atoms with Crippen molar-refractivity contribution >= 4 is 30.1 Å². The molecular weight excluding hydrogens is 292 g/mol. The number of nitrogens with one attached hydrogen (secondary N) is 1. The summed E-state index contributed by atoms with van der Waals surface area (Å²) in [5.74, 6) is 2.22. The van der Waals surface area contributed by atoms with Gasteiger partial charge in [-0.1, -0.05) is 20.3 Å². The highest BCUT2D eigenvalue weighted by molar-refractivity contribution is 8.00. The molecule has 1 atom stereocenters. The van der Waals surface area contributed by atoms with E-state index in [1.807, 2.05) is 11.8 Å². The Kier molecular flexibility index (Phi) is 11.7. The highest BCUT2D eigenvalue weighted by Crippen LogP contribution is 2.21. The molecule has 3 nitrogen and oxygen atoms in total. The van der Waals surface area contributed by atoms with Gasteiger partial charge in [0.2, 0.25) is 5.91 Å². The predicted molar refractivity (Wildman–Crippen MR) is 91.9 cm³/mol. The van der Waals surface area contributed by atoms with Crippen molar-refractivity contribution in [3.63, 3.8) is 0 Å². The van der Waals surface area contributed by atoms with E-state index in [4.69, 9.17) is 0 Å². The molecule has 1 N–H and O–H groups in total. The molecule has 0 bridgehead atoms. The molecule has 1 rings (SSSR count). The zero-order valence-corrected chi connectivity index (χ0v) is 14.8. The van der Waals surface area contributed by atoms with Crippen LogP contribution < -0.4 is 5.32 Å². The summed E-state index contributed by atoms with van der Waals surface area (Å²) in [5, 5.41) is 3.55. The van der Waals surface area contributed by atoms with Gasteiger partial charge in [-0.15, -0.1) is 24.2 Å². The van der Waals surface area contributed by atoms with Crippen molar-refractivity contribution in [2.75, 3.05) is 31.9 Å². The minimum atomic E-state index is 0. The third-order valence-electron chi connectivity index (χ3n) is 3.82. The zero-order chi connectivity index (χ0) is 14.1. The highest BCUT2D eigenvalue weighted by Gasteiger charge is 2.25. The summed E-state index contributed by atoms with van der Waals surface area (Å²) >= 11 is 1.81. The van der Waals surface area contributed by atoms with Crippen molar-refractivity contribution in [2.45, 2.75) is 51.7 Å². The molecule has 0 radical (unpaired) electrons. The van der Waals surface area contributed by atoms with Crippen LogP contribution in [0.3, 0.4) is 0 Å². The van der Waals surface area contributed by atoms with E-state index in [0.717, 1.165) is 50.7 Å². The fourth-order valence-corrected chi connectivity index (χ4v) is 3.54. The Morgan fingerprint density at radius 1 is 1.35 bits per heavy atom. The SMILES string of the molecule is CCCCSC(C)C(=O)N1CCC(CNCC)CC1.Cl. The molecule has 0 aliphatic carbocycles. The van der Waals surface area contributed by atoms with Gasteiger partial charge in [0.15, 0.2) is 0 Å². The number of amides is 1. The van der Waals surface area contributed by atoms with Crippen LogP contribution >= 0.6 is 24.2 Å². The number of hydrogen-bond acceptors (Lipinski definition) is 3. The lowest BCUT2D eigenvalue weighted by atomic mass is 9.96. The molecule has 0 spiro atoms. The van der Waals surface area contributed by atoms with E-state index >= 15 is 0 Å². The Balaban J connectivity index is 0.00000361. The summed E-state index contributed by atoms with van der Waals surface area (Å²) < 4.78 is 0. The molecule has 0 aromatic rings. The molecule has 20 heavy (non-hydrogen) atoms. The van der Waals surface area contributed by atoms with Gasteiger partial charge in [-0.25, -0.2) is 0 Å². The number of thioether (sulfide) groups is 1. The van der Waals surface area contributed by atoms with Gasteiger partial charge in [0.05, 0.1) is 5.25 Å². The number of hydrogen-bond donors (Lipinski definition) is 1. The quantitative estimate of drug-likeness (QED) is 0.697. The van der Waals surface area contributed by atoms with Gasteiger partial charge >= 0.3 is 0 Å². The minimum Gasteiger partial charge on any atom is -0.342 e. The van der Waals surface area contributed by atoms with E-state index in [9.17, 15) is 4.79 Å². The van der Waals surface area contributed by atoms with E-state index in [2.05, 4.69) is 31.0 Å². The molecule has 5 heteroatoms. The molecule has 0 saturated carbocycles. The van der Waals surface area contributed by atoms with Gasteiger partial charge in [0.25, 0.3) is 0 Å². The van der Waals surface area contributed by atoms with Crippen molar-refractivity contribution < 1.29 is 4.79 Å². The lowest BCUT2D eigenvalue weighted by Crippen LogP contribution is -2.43. The number of carbonyl (C=O) groups is 1. The lowest BCUT2D eigenvalue weighted by molar-refractivity contribution is -0.131. The van der Waals surface area contributed by atoms with Gasteiger partial charge in [-0.3, -0.25) is 4.79 Å². The summed E-state index contributed by atoms with van der Waals surface area (Å²) in [4.78, 5) is 14.4. The molecule has 1 unspecified atom stereocenters. The molecule has 0 aromatic heterocycles. The first-order valence-electron chi connectivity index (χ1n) is 7.80. The Bertz CT molecular complexity index is 258. The standard InChI is InChI=1S/C15H30N2OS.ClH/c1-4-6-11-19-13(3)15(18)17-9-7-14(8-10-17)12-16-5-2;/h13-14,16H,4-12H2,1-3H3;1H. The Morgan fingerprint density at radius 3 is 2.55 bits per heavy atom. The molecule has 1 aliphatic rings. The van der Waals surface area contributed by atoms with Crippen molar-refractivity contribution in [1.82, 2.24) is 10.2 Å². The van der Waals surface area contributed by atoms with Gasteiger partial charge in [0.1, 0.15) is 0 Å². The molecule has 1 aliphatic heterocycles. The maximum atomic E-state index is 12.3. The van der Waals surface area contributed by atoms with Crippen LogP contribution in [0.25, 0.3) is 0 Å². The Labute approximate surface area is 135 Å². The van der Waals surface area contributed by atoms with Gasteiger partial charge < -0.3 is 10.2 Å². The summed E-state index contributed by atoms with van der Waals surface area (Å²) in [5.41, 5.74) is 0. The van der Waals surface area contributed by atoms with E-state index in [-0.39, 0.29) is 17.7 Å². The van der Waals surface area contributed by atoms with E-state index in [0.29, 0.717) is 5.91 Å². The van der Waals surface area contributed by atoms with Gasteiger partial charge in [-0.05, 0) is 50.9 Å². The minimum absolute atomic E-state index is 0. The van der Waals surface area contributed by atoms with Crippen molar-refractivity contribution in [1.29, 1.82) is 0 Å². The van der Waals surface area contributed by atoms with Crippen LogP contribution in [0.4, 0.5) is 0 Å². The van der Waals surface area contributed by atoms with Crippen molar-refractivity contribution in [3.8, 4) is 0 Å². The number of nitrogens with zero attached hydrogens (tertiary/aromatic N) is 1. The topological polar surface area (TPSA) is 32.3 Å². The predicted octanol–water partition coefficient (Wildman–Crippen LogP) is 3.18. The summed E-state index contributed by atoms with van der Waals surface area (Å²) in [6.45, 7) is 10.5. The van der Waals surface area contributed by atoms with Crippen LogP contribution in [0.5, 0.6) is 0 Å². The van der Waals surface area contributed by atoms with E-state index in [1.54, 1.807) is 0 Å². The lowest BCUT2D eigenvalue weighted by Gasteiger charge is -2.33. The van der Waals surface area contributed by atoms with Crippen molar-refractivity contribution in [3.05, 3.63) is 0 Å². The molecule has 1 heterocycles. The Hall–Kier alpha value is 0.0700. The smallest absolute Gasteiger partial charge is 0.235 e. The molecule has 1 saturated heterocycles. The normalized spacial score (nSPS) is 17.6. The number of rotatable bonds is 8. The maximum Gasteiger partial charge on any atom is 0.235 e. The van der Waals surface area contributed by atoms with Crippen LogP contribution in [-0.2, 0) is 4.79 Å². The number of likely N-dealkylation sites (tertiary alicyclic amines) is 1. The summed E-state index contributed by atoms with van der Waals surface area (Å²) in [6, 6.07) is 0. The van der Waals surface area contributed by atoms with Gasteiger partial charge in [-0.2, -0.15) is 0 Å². The first-order chi connectivity index (χ1) is 9.19. The Morgan fingerprint density at radius 2 is 2.00 bits per heavy atom. The number of unbranched alkanes of at least 4 members (excludes halogenated alkanes) is 1. The second-order valence-corrected chi connectivity index (χ2v) is 6.89. The van der Waals surface area contributed by atoms with E-state index in [1.165, 1.54) is 12.8 Å². The largest absolute Gasteiger partial charge is 0.342 e. The first kappa shape index (κ1) is 20.1. The summed E-state index contributed by atoms with van der Waals surface area (Å²) in [7, 11) is 0. The average molecular weight is 323 g/mol. The molecule has 0 aromatic carbocycles. The fourth-order valence-electron chi connectivity index (χ4n) is 2.44. The number of carbonyl (C=O) groups excluding carboxylic acids is 1. The average Bonchev–Trinajstić information content (AvgIpc) is 2.45. The van der Waals surface area contributed by atoms with Crippen molar-refractivity contribution in [2.24, 2.45) is 5.92 Å². The summed E-state index contributed by atoms with van der Waals surface area (Å²) in [6.07, 6.45) is 4.74. The monoisotopic (exact) mass is 322 g/mol. The van der Waals surface area contributed by atoms with Crippen LogP contribution in [0.2, 0.25) is 0 Å². The van der Waals surface area contributed by atoms with E-state index < -0.39 is 0 Å². The molecule has 120 valence electrons. The van der Waals surface area contributed by atoms with Crippen LogP contribution in [0, 0.1) is 5.92 Å². The fraction of sp³-hybridized carbons (Fsp3) is 0.933. The first-order valence-corrected chi connectivity index (χ1v) is 8.85. The number of piperidine rings is 1. The van der Waals surface area contributed by atoms with Crippen LogP contribution in [-0.4, -0.2) is 48.0 Å². The van der Waals surface area contributed by atoms with Gasteiger partial charge in [0, 0.05) is 13.1 Å². The molecule has 1 amide bonds. The highest BCUT2D eigenvalue weighted by atomic mass is 35.5.